The van der Waals surface area contributed by atoms with E-state index >= 15 is 0 Å². The largest absolute Gasteiger partial charge is 0.0655 e. The lowest BCUT2D eigenvalue weighted by molar-refractivity contribution is 0.297. The molecule has 2 atom stereocenters. The summed E-state index contributed by atoms with van der Waals surface area (Å²) in [7, 11) is 0. The molecule has 0 spiro atoms. The van der Waals surface area contributed by atoms with Crippen molar-refractivity contribution in [1.82, 2.24) is 0 Å². The molecule has 14 rings (SSSR count). The zero-order valence-electron chi connectivity index (χ0n) is 38.5. The van der Waals surface area contributed by atoms with Crippen molar-refractivity contribution in [2.45, 2.75) is 67.2 Å². The van der Waals surface area contributed by atoms with Gasteiger partial charge in [-0.05, 0) is 224 Å². The van der Waals surface area contributed by atoms with Gasteiger partial charge in [-0.15, -0.1) is 0 Å². The van der Waals surface area contributed by atoms with Crippen LogP contribution in [0.1, 0.15) is 84.0 Å². The van der Waals surface area contributed by atoms with E-state index in [9.17, 15) is 0 Å². The van der Waals surface area contributed by atoms with Crippen molar-refractivity contribution in [3.63, 3.8) is 0 Å². The van der Waals surface area contributed by atoms with Crippen LogP contribution in [0.3, 0.4) is 0 Å². The Hall–Kier alpha value is -6.76. The van der Waals surface area contributed by atoms with Gasteiger partial charge in [-0.3, -0.25) is 0 Å². The number of allylic oxidation sites excluding steroid dienone is 4. The van der Waals surface area contributed by atoms with E-state index in [2.05, 4.69) is 225 Å². The molecule has 0 saturated heterocycles. The second-order valence-corrected chi connectivity index (χ2v) is 19.2. The monoisotopic (exact) mass is 824 g/mol. The van der Waals surface area contributed by atoms with Crippen LogP contribution in [0.15, 0.2) is 192 Å². The molecule has 64 heavy (non-hydrogen) atoms. The summed E-state index contributed by atoms with van der Waals surface area (Å²) in [4.78, 5) is 0. The Kier molecular flexibility index (Phi) is 9.69. The van der Waals surface area contributed by atoms with Crippen LogP contribution < -0.4 is 0 Å². The van der Waals surface area contributed by atoms with Crippen molar-refractivity contribution < 1.29 is 0 Å². The van der Waals surface area contributed by atoms with E-state index in [1.54, 1.807) is 33.4 Å². The minimum absolute atomic E-state index is 0.433. The third-order valence-electron chi connectivity index (χ3n) is 15.9. The summed E-state index contributed by atoms with van der Waals surface area (Å²) in [5, 5.41) is 15.9. The zero-order valence-corrected chi connectivity index (χ0v) is 38.5. The Morgan fingerprint density at radius 2 is 0.469 bits per heavy atom. The third kappa shape index (κ3) is 6.49. The average Bonchev–Trinajstić information content (AvgIpc) is 3.32. The summed E-state index contributed by atoms with van der Waals surface area (Å²) in [6.07, 6.45) is 0. The SMILES string of the molecule is CC1=C(C)C2C3c4cc5ccccc5cc4C(c4cc5ccccc5cc43)C2C(C)=C1C.Cc1ccc(C)c(C)c1C.c1ccc2cc3cc4cc5ccccc5cc4cc3cc2c1. The quantitative estimate of drug-likeness (QED) is 0.134. The molecule has 0 amide bonds. The van der Waals surface area contributed by atoms with Gasteiger partial charge < -0.3 is 0 Å². The fraction of sp³-hybridized carbons (Fsp3) is 0.188. The molecule has 4 aliphatic rings. The molecular formula is C64H56. The lowest BCUT2D eigenvalue weighted by atomic mass is 9.49. The molecule has 0 aromatic heterocycles. The second-order valence-electron chi connectivity index (χ2n) is 19.2. The number of hydrogen-bond donors (Lipinski definition) is 0. The van der Waals surface area contributed by atoms with E-state index in [0.29, 0.717) is 23.7 Å². The maximum Gasteiger partial charge on any atom is 0.0167 e. The number of aryl methyl sites for hydroxylation is 2. The molecule has 0 fully saturated rings. The van der Waals surface area contributed by atoms with Crippen molar-refractivity contribution in [2.75, 3.05) is 0 Å². The molecule has 312 valence electrons. The third-order valence-corrected chi connectivity index (χ3v) is 15.9. The van der Waals surface area contributed by atoms with Gasteiger partial charge in [0.1, 0.15) is 0 Å². The lowest BCUT2D eigenvalue weighted by Crippen LogP contribution is -2.43. The normalized spacial score (nSPS) is 18.5. The molecule has 4 aliphatic carbocycles. The Morgan fingerprint density at radius 3 is 0.719 bits per heavy atom. The van der Waals surface area contributed by atoms with Gasteiger partial charge in [0.15, 0.2) is 0 Å². The van der Waals surface area contributed by atoms with Crippen LogP contribution in [0.2, 0.25) is 0 Å². The molecule has 0 aliphatic heterocycles. The molecule has 0 heterocycles. The van der Waals surface area contributed by atoms with Crippen LogP contribution in [0.25, 0.3) is 64.6 Å². The molecule has 2 unspecified atom stereocenters. The Labute approximate surface area is 378 Å². The molecule has 10 aromatic rings. The van der Waals surface area contributed by atoms with Crippen molar-refractivity contribution in [3.8, 4) is 0 Å². The molecule has 0 saturated carbocycles. The fourth-order valence-electron chi connectivity index (χ4n) is 11.8. The lowest BCUT2D eigenvalue weighted by Gasteiger charge is -2.54. The van der Waals surface area contributed by atoms with E-state index in [1.165, 1.54) is 98.0 Å². The maximum absolute atomic E-state index is 2.51. The van der Waals surface area contributed by atoms with Crippen molar-refractivity contribution in [3.05, 3.63) is 237 Å². The van der Waals surface area contributed by atoms with Gasteiger partial charge in [0, 0.05) is 11.8 Å². The van der Waals surface area contributed by atoms with Crippen molar-refractivity contribution >= 4 is 64.6 Å². The fourth-order valence-corrected chi connectivity index (χ4v) is 11.8. The van der Waals surface area contributed by atoms with Gasteiger partial charge in [0.25, 0.3) is 0 Å². The smallest absolute Gasteiger partial charge is 0.0167 e. The summed E-state index contributed by atoms with van der Waals surface area (Å²) in [6.45, 7) is 18.2. The number of hydrogen-bond acceptors (Lipinski definition) is 0. The molecular weight excluding hydrogens is 769 g/mol. The van der Waals surface area contributed by atoms with Gasteiger partial charge >= 0.3 is 0 Å². The topological polar surface area (TPSA) is 0 Å². The minimum atomic E-state index is 0.433. The van der Waals surface area contributed by atoms with Crippen LogP contribution in [0.4, 0.5) is 0 Å². The first-order chi connectivity index (χ1) is 31.0. The van der Waals surface area contributed by atoms with Crippen molar-refractivity contribution in [2.24, 2.45) is 11.8 Å². The van der Waals surface area contributed by atoms with Gasteiger partial charge in [0.2, 0.25) is 0 Å². The van der Waals surface area contributed by atoms with E-state index in [1.807, 2.05) is 0 Å². The Bertz CT molecular complexity index is 3200. The summed E-state index contributed by atoms with van der Waals surface area (Å²) in [5.74, 6) is 1.99. The highest BCUT2D eigenvalue weighted by Gasteiger charge is 2.52. The summed E-state index contributed by atoms with van der Waals surface area (Å²) >= 11 is 0. The molecule has 0 nitrogen and oxygen atoms in total. The Balaban J connectivity index is 0.000000123. The van der Waals surface area contributed by atoms with Gasteiger partial charge in [-0.2, -0.15) is 0 Å². The first-order valence-corrected chi connectivity index (χ1v) is 23.2. The van der Waals surface area contributed by atoms with Gasteiger partial charge in [-0.25, -0.2) is 0 Å². The first-order valence-electron chi connectivity index (χ1n) is 23.2. The van der Waals surface area contributed by atoms with Gasteiger partial charge in [0.05, 0.1) is 0 Å². The highest BCUT2D eigenvalue weighted by Crippen LogP contribution is 2.64. The predicted molar refractivity (Wildman–Crippen MR) is 277 cm³/mol. The van der Waals surface area contributed by atoms with E-state index < -0.39 is 0 Å². The molecule has 0 radical (unpaired) electrons. The van der Waals surface area contributed by atoms with E-state index in [4.69, 9.17) is 0 Å². The molecule has 0 N–H and O–H groups in total. The maximum atomic E-state index is 2.51. The van der Waals surface area contributed by atoms with E-state index in [0.717, 1.165) is 0 Å². The van der Waals surface area contributed by atoms with Crippen LogP contribution in [0, 0.1) is 39.5 Å². The van der Waals surface area contributed by atoms with Gasteiger partial charge in [-0.1, -0.05) is 145 Å². The predicted octanol–water partition coefficient (Wildman–Crippen LogP) is 17.7. The standard InChI is InChI=1S/C32H28.C22H14.C10H14/c1-17-18(2)20(4)30-29(19(17)3)31-25-13-21-9-5-7-11-23(21)15-27(25)32(30)28-16-24-12-8-6-10-22(24)14-26(28)31;1-2-6-16-10-20-14-22-12-18-8-4-3-7-17(18)11-21(22)13-19(20)9-15(16)5-1;1-7-5-6-8(2)10(4)9(7)3/h5-16,29-32H,1-4H3;1-14H;5-6H,1-4H3. The number of fused-ring (bicyclic) bond motifs is 6. The number of benzene rings is 10. The van der Waals surface area contributed by atoms with E-state index in [-0.39, 0.29) is 0 Å². The minimum Gasteiger partial charge on any atom is -0.0655 e. The Morgan fingerprint density at radius 1 is 0.250 bits per heavy atom. The number of rotatable bonds is 0. The molecule has 0 heteroatoms. The first kappa shape index (κ1) is 40.0. The second kappa shape index (κ2) is 15.5. The average molecular weight is 825 g/mol. The highest BCUT2D eigenvalue weighted by atomic mass is 14.6. The van der Waals surface area contributed by atoms with Crippen LogP contribution in [-0.4, -0.2) is 0 Å². The zero-order chi connectivity index (χ0) is 44.0. The highest BCUT2D eigenvalue weighted by molar-refractivity contribution is 6.08. The van der Waals surface area contributed by atoms with Crippen LogP contribution >= 0.6 is 0 Å². The van der Waals surface area contributed by atoms with Crippen LogP contribution in [0.5, 0.6) is 0 Å². The van der Waals surface area contributed by atoms with Crippen LogP contribution in [-0.2, 0) is 0 Å². The molecule has 10 aromatic carbocycles. The van der Waals surface area contributed by atoms with Crippen molar-refractivity contribution in [1.29, 1.82) is 0 Å². The summed E-state index contributed by atoms with van der Waals surface area (Å²) < 4.78 is 0. The molecule has 2 bridgehead atoms. The summed E-state index contributed by atoms with van der Waals surface area (Å²) in [5.41, 5.74) is 18.1. The summed E-state index contributed by atoms with van der Waals surface area (Å²) in [6, 6.07) is 63.1.